The van der Waals surface area contributed by atoms with Crippen LogP contribution < -0.4 is 5.32 Å². The van der Waals surface area contributed by atoms with E-state index in [2.05, 4.69) is 22.3 Å². The third-order valence-corrected chi connectivity index (χ3v) is 5.89. The van der Waals surface area contributed by atoms with Gasteiger partial charge in [-0.1, -0.05) is 6.92 Å². The lowest BCUT2D eigenvalue weighted by Crippen LogP contribution is -2.27. The van der Waals surface area contributed by atoms with Crippen LogP contribution in [0.1, 0.15) is 52.6 Å². The van der Waals surface area contributed by atoms with E-state index in [1.807, 2.05) is 6.92 Å². The first kappa shape index (κ1) is 16.4. The number of aryl methyl sites for hydroxylation is 2. The maximum Gasteiger partial charge on any atom is 0.291 e. The summed E-state index contributed by atoms with van der Waals surface area (Å²) >= 11 is 1.76. The molecule has 8 heteroatoms. The number of rotatable bonds is 4. The molecule has 0 radical (unpaired) electrons. The lowest BCUT2D eigenvalue weighted by molar-refractivity contribution is 0.0927. The number of aromatic nitrogens is 4. The van der Waals surface area contributed by atoms with Crippen LogP contribution in [0.15, 0.2) is 0 Å². The minimum absolute atomic E-state index is 0.178. The Morgan fingerprint density at radius 3 is 3.08 bits per heavy atom. The molecule has 0 fully saturated rings. The highest BCUT2D eigenvalue weighted by Gasteiger charge is 2.26. The maximum atomic E-state index is 12.3. The van der Waals surface area contributed by atoms with Crippen LogP contribution >= 0.6 is 11.3 Å². The molecule has 25 heavy (non-hydrogen) atoms. The number of methoxy groups -OCH3 is 1. The minimum Gasteiger partial charge on any atom is -0.383 e. The van der Waals surface area contributed by atoms with Gasteiger partial charge in [-0.3, -0.25) is 4.79 Å². The highest BCUT2D eigenvalue weighted by Crippen LogP contribution is 2.42. The molecule has 3 heterocycles. The number of ether oxygens (including phenoxy) is 1. The number of thiophene rings is 1. The van der Waals surface area contributed by atoms with Crippen molar-refractivity contribution in [3.8, 4) is 0 Å². The van der Waals surface area contributed by atoms with Crippen LogP contribution in [0, 0.1) is 6.92 Å². The molecule has 1 aliphatic rings. The van der Waals surface area contributed by atoms with Crippen molar-refractivity contribution in [1.82, 2.24) is 24.9 Å². The predicted octanol–water partition coefficient (Wildman–Crippen LogP) is 2.46. The molecule has 0 bridgehead atoms. The quantitative estimate of drug-likeness (QED) is 0.724. The number of fused-ring (bicyclic) bond motifs is 5. The summed E-state index contributed by atoms with van der Waals surface area (Å²) in [4.78, 5) is 24.0. The summed E-state index contributed by atoms with van der Waals surface area (Å²) in [6.07, 6.45) is 3.50. The first-order valence-corrected chi connectivity index (χ1v) is 9.37. The highest BCUT2D eigenvalue weighted by molar-refractivity contribution is 7.19. The van der Waals surface area contributed by atoms with Crippen molar-refractivity contribution < 1.29 is 9.53 Å². The van der Waals surface area contributed by atoms with Gasteiger partial charge in [0.2, 0.25) is 5.82 Å². The van der Waals surface area contributed by atoms with Gasteiger partial charge in [-0.25, -0.2) is 9.97 Å². The summed E-state index contributed by atoms with van der Waals surface area (Å²) in [6, 6.07) is 0. The molecule has 3 aromatic heterocycles. The first-order chi connectivity index (χ1) is 12.1. The Bertz CT molecular complexity index is 961. The monoisotopic (exact) mass is 359 g/mol. The van der Waals surface area contributed by atoms with Gasteiger partial charge in [-0.15, -0.1) is 16.4 Å². The molecule has 3 aromatic rings. The molecule has 0 saturated heterocycles. The molecule has 7 nitrogen and oxygen atoms in total. The second kappa shape index (κ2) is 6.34. The second-order valence-electron chi connectivity index (χ2n) is 6.49. The van der Waals surface area contributed by atoms with E-state index in [4.69, 9.17) is 9.72 Å². The number of carbonyl (C=O) groups excluding carboxylic acids is 1. The van der Waals surface area contributed by atoms with Gasteiger partial charge in [0.1, 0.15) is 10.7 Å². The van der Waals surface area contributed by atoms with Crippen LogP contribution in [0.3, 0.4) is 0 Å². The molecule has 1 aliphatic carbocycles. The first-order valence-electron chi connectivity index (χ1n) is 8.56. The van der Waals surface area contributed by atoms with Gasteiger partial charge in [0.05, 0.1) is 12.0 Å². The molecule has 1 unspecified atom stereocenters. The molecule has 0 aromatic carbocycles. The van der Waals surface area contributed by atoms with Crippen LogP contribution in [0.4, 0.5) is 0 Å². The van der Waals surface area contributed by atoms with Crippen LogP contribution in [0.25, 0.3) is 15.9 Å². The molecule has 4 rings (SSSR count). The number of carbonyl (C=O) groups is 1. The Kier molecular flexibility index (Phi) is 4.16. The summed E-state index contributed by atoms with van der Waals surface area (Å²) in [5.74, 6) is 1.13. The fourth-order valence-electron chi connectivity index (χ4n) is 3.53. The summed E-state index contributed by atoms with van der Waals surface area (Å²) < 4.78 is 6.65. The summed E-state index contributed by atoms with van der Waals surface area (Å²) in [7, 11) is 1.60. The van der Waals surface area contributed by atoms with Crippen molar-refractivity contribution in [2.24, 2.45) is 0 Å². The molecule has 0 saturated carbocycles. The van der Waals surface area contributed by atoms with Gasteiger partial charge in [0.15, 0.2) is 5.65 Å². The van der Waals surface area contributed by atoms with E-state index in [1.54, 1.807) is 23.0 Å². The van der Waals surface area contributed by atoms with E-state index >= 15 is 0 Å². The Morgan fingerprint density at radius 2 is 2.28 bits per heavy atom. The van der Waals surface area contributed by atoms with Crippen LogP contribution in [-0.4, -0.2) is 45.8 Å². The second-order valence-corrected chi connectivity index (χ2v) is 7.57. The van der Waals surface area contributed by atoms with Gasteiger partial charge in [-0.05, 0) is 37.7 Å². The molecular formula is C17H21N5O2S. The average Bonchev–Trinajstić information content (AvgIpc) is 3.17. The Morgan fingerprint density at radius 1 is 1.44 bits per heavy atom. The molecular weight excluding hydrogens is 338 g/mol. The smallest absolute Gasteiger partial charge is 0.291 e. The maximum absolute atomic E-state index is 12.3. The molecule has 1 N–H and O–H groups in total. The topological polar surface area (TPSA) is 81.4 Å². The molecule has 132 valence electrons. The standard InChI is InChI=1S/C17H21N5O2S/c1-9-5-4-6-11-12(9)13-15-20-14(16(23)18-7-8-24-3)21-22(15)10(2)19-17(13)25-11/h9H,4-8H2,1-3H3,(H,18,23). The van der Waals surface area contributed by atoms with E-state index < -0.39 is 0 Å². The lowest BCUT2D eigenvalue weighted by atomic mass is 9.87. The zero-order valence-electron chi connectivity index (χ0n) is 14.6. The summed E-state index contributed by atoms with van der Waals surface area (Å²) in [5, 5.41) is 8.23. The largest absolute Gasteiger partial charge is 0.383 e. The number of amides is 1. The van der Waals surface area contributed by atoms with E-state index in [0.29, 0.717) is 19.1 Å². The average molecular weight is 359 g/mol. The normalized spacial score (nSPS) is 17.2. The number of nitrogens with zero attached hydrogens (tertiary/aromatic N) is 4. The van der Waals surface area contributed by atoms with Crippen LogP contribution in [-0.2, 0) is 11.2 Å². The molecule has 0 spiro atoms. The zero-order valence-corrected chi connectivity index (χ0v) is 15.4. The predicted molar refractivity (Wildman–Crippen MR) is 96.5 cm³/mol. The van der Waals surface area contributed by atoms with Crippen molar-refractivity contribution in [2.75, 3.05) is 20.3 Å². The van der Waals surface area contributed by atoms with Crippen molar-refractivity contribution in [1.29, 1.82) is 0 Å². The molecule has 1 atom stereocenters. The van der Waals surface area contributed by atoms with Crippen molar-refractivity contribution in [2.45, 2.75) is 39.0 Å². The molecule has 0 aliphatic heterocycles. The Hall–Kier alpha value is -2.06. The third kappa shape index (κ3) is 2.69. The van der Waals surface area contributed by atoms with Gasteiger partial charge in [-0.2, -0.15) is 4.52 Å². The highest BCUT2D eigenvalue weighted by atomic mass is 32.1. The fraction of sp³-hybridized carbons (Fsp3) is 0.529. The SMILES string of the molecule is COCCNC(=O)c1nc2c3c4c(sc3nc(C)n2n1)CCCC4C. The minimum atomic E-state index is -0.287. The zero-order chi connectivity index (χ0) is 17.6. The lowest BCUT2D eigenvalue weighted by Gasteiger charge is -2.18. The number of hydrogen-bond donors (Lipinski definition) is 1. The number of hydrogen-bond acceptors (Lipinski definition) is 6. The van der Waals surface area contributed by atoms with E-state index in [9.17, 15) is 4.79 Å². The molecule has 1 amide bonds. The van der Waals surface area contributed by atoms with Crippen molar-refractivity contribution in [3.63, 3.8) is 0 Å². The van der Waals surface area contributed by atoms with E-state index in [0.717, 1.165) is 28.1 Å². The summed E-state index contributed by atoms with van der Waals surface area (Å²) in [6.45, 7) is 5.05. The van der Waals surface area contributed by atoms with Gasteiger partial charge >= 0.3 is 0 Å². The van der Waals surface area contributed by atoms with Crippen LogP contribution in [0.2, 0.25) is 0 Å². The summed E-state index contributed by atoms with van der Waals surface area (Å²) in [5.41, 5.74) is 2.09. The van der Waals surface area contributed by atoms with Gasteiger partial charge < -0.3 is 10.1 Å². The van der Waals surface area contributed by atoms with E-state index in [-0.39, 0.29) is 11.7 Å². The Labute approximate surface area is 149 Å². The van der Waals surface area contributed by atoms with Crippen molar-refractivity contribution >= 4 is 33.1 Å². The number of nitrogens with one attached hydrogen (secondary N) is 1. The van der Waals surface area contributed by atoms with Crippen LogP contribution in [0.5, 0.6) is 0 Å². The Balaban J connectivity index is 1.86. The van der Waals surface area contributed by atoms with Gasteiger partial charge in [0, 0.05) is 18.5 Å². The van der Waals surface area contributed by atoms with Gasteiger partial charge in [0.25, 0.3) is 5.91 Å². The third-order valence-electron chi connectivity index (χ3n) is 4.73. The van der Waals surface area contributed by atoms with Crippen molar-refractivity contribution in [3.05, 3.63) is 22.1 Å². The fourth-order valence-corrected chi connectivity index (χ4v) is 4.90. The van der Waals surface area contributed by atoms with E-state index in [1.165, 1.54) is 23.3 Å².